The Labute approximate surface area is 191 Å². The van der Waals surface area contributed by atoms with Gasteiger partial charge in [-0.1, -0.05) is 6.92 Å². The van der Waals surface area contributed by atoms with E-state index >= 15 is 0 Å². The zero-order valence-electron chi connectivity index (χ0n) is 18.1. The highest BCUT2D eigenvalue weighted by Crippen LogP contribution is 2.36. The first-order chi connectivity index (χ1) is 15.6. The summed E-state index contributed by atoms with van der Waals surface area (Å²) < 4.78 is 95.4. The number of alkyl halides is 5. The van der Waals surface area contributed by atoms with E-state index in [1.807, 2.05) is 0 Å². The van der Waals surface area contributed by atoms with Gasteiger partial charge in [0.05, 0.1) is 28.3 Å². The lowest BCUT2D eigenvalue weighted by Crippen LogP contribution is -2.41. The van der Waals surface area contributed by atoms with Gasteiger partial charge < -0.3 is 4.74 Å². The minimum Gasteiger partial charge on any atom is -0.469 e. The Hall–Kier alpha value is -3.34. The molecule has 182 valence electrons. The van der Waals surface area contributed by atoms with E-state index in [0.717, 1.165) is 12.4 Å². The highest BCUT2D eigenvalue weighted by Gasteiger charge is 2.58. The molecule has 34 heavy (non-hydrogen) atoms. The van der Waals surface area contributed by atoms with Crippen molar-refractivity contribution in [2.75, 3.05) is 12.4 Å². The zero-order valence-corrected chi connectivity index (χ0v) is 18.9. The highest BCUT2D eigenvalue weighted by atomic mass is 32.2. The maximum Gasteiger partial charge on any atom is 0.456 e. The molecule has 0 amide bonds. The molecule has 0 bridgehead atoms. The third-order valence-electron chi connectivity index (χ3n) is 5.01. The van der Waals surface area contributed by atoms with Gasteiger partial charge in [0.1, 0.15) is 11.2 Å². The predicted octanol–water partition coefficient (Wildman–Crippen LogP) is 3.96. The second kappa shape index (κ2) is 8.46. The van der Waals surface area contributed by atoms with Crippen LogP contribution in [-0.4, -0.2) is 52.2 Å². The Kier molecular flexibility index (Phi) is 6.29. The molecule has 0 aliphatic carbocycles. The van der Waals surface area contributed by atoms with Gasteiger partial charge in [0, 0.05) is 18.6 Å². The number of hydrogen-bond acceptors (Lipinski definition) is 7. The second-order valence-corrected chi connectivity index (χ2v) is 10.0. The summed E-state index contributed by atoms with van der Waals surface area (Å²) in [5.41, 5.74) is -0.894. The Morgan fingerprint density at radius 1 is 1.12 bits per heavy atom. The van der Waals surface area contributed by atoms with Crippen molar-refractivity contribution in [2.24, 2.45) is 0 Å². The van der Waals surface area contributed by atoms with Crippen molar-refractivity contribution < 1.29 is 35.1 Å². The lowest BCUT2D eigenvalue weighted by Gasteiger charge is -2.19. The number of sulfone groups is 1. The molecule has 0 unspecified atom stereocenters. The van der Waals surface area contributed by atoms with Crippen molar-refractivity contribution in [1.29, 1.82) is 5.26 Å². The maximum absolute atomic E-state index is 13.3. The number of imidazole rings is 1. The van der Waals surface area contributed by atoms with Gasteiger partial charge in [-0.15, -0.1) is 0 Å². The molecule has 3 rings (SSSR count). The molecule has 0 aliphatic rings. The molecule has 3 aromatic rings. The molecule has 0 radical (unpaired) electrons. The van der Waals surface area contributed by atoms with E-state index < -0.39 is 39.8 Å². The van der Waals surface area contributed by atoms with Crippen LogP contribution in [0.2, 0.25) is 0 Å². The van der Waals surface area contributed by atoms with Gasteiger partial charge in [-0.25, -0.2) is 18.4 Å². The van der Waals surface area contributed by atoms with Crippen molar-refractivity contribution in [3.63, 3.8) is 0 Å². The third kappa shape index (κ3) is 4.52. The van der Waals surface area contributed by atoms with E-state index in [1.165, 1.54) is 29.8 Å². The van der Waals surface area contributed by atoms with Crippen LogP contribution in [0.1, 0.15) is 26.3 Å². The number of rotatable bonds is 7. The summed E-state index contributed by atoms with van der Waals surface area (Å²) in [4.78, 5) is 11.8. The number of hydrogen-bond donors (Lipinski definition) is 0. The summed E-state index contributed by atoms with van der Waals surface area (Å²) >= 11 is 0. The fourth-order valence-corrected chi connectivity index (χ4v) is 3.90. The summed E-state index contributed by atoms with van der Waals surface area (Å²) in [5, 5.41) is 9.39. The maximum atomic E-state index is 13.3. The number of nitrogens with zero attached hydrogens (tertiary/aromatic N) is 5. The summed E-state index contributed by atoms with van der Waals surface area (Å²) in [7, 11) is -3.87. The number of fused-ring (bicyclic) bond motifs is 1. The molecule has 3 heterocycles. The van der Waals surface area contributed by atoms with Gasteiger partial charge in [-0.05, 0) is 25.5 Å². The van der Waals surface area contributed by atoms with Crippen molar-refractivity contribution in [2.45, 2.75) is 43.2 Å². The normalized spacial score (nSPS) is 13.1. The van der Waals surface area contributed by atoms with Gasteiger partial charge in [0.25, 0.3) is 0 Å². The molecule has 8 nitrogen and oxygen atoms in total. The van der Waals surface area contributed by atoms with Crippen LogP contribution in [0.4, 0.5) is 22.0 Å². The third-order valence-corrected chi connectivity index (χ3v) is 6.75. The number of nitriles is 1. The topological polar surface area (TPSA) is 110 Å². The van der Waals surface area contributed by atoms with Crippen molar-refractivity contribution in [3.8, 4) is 23.5 Å². The van der Waals surface area contributed by atoms with E-state index in [1.54, 1.807) is 13.8 Å². The van der Waals surface area contributed by atoms with Crippen LogP contribution in [0.25, 0.3) is 17.0 Å². The van der Waals surface area contributed by atoms with Crippen LogP contribution in [0.5, 0.6) is 5.88 Å². The SMILES string of the molecule is CCS(=O)(=O)c1cc(C(C)(C)C#N)cnc1-c1ncc2c(OCC(F)(F)C(F)(F)F)nccn12. The minimum absolute atomic E-state index is 0.0434. The van der Waals surface area contributed by atoms with E-state index in [9.17, 15) is 35.6 Å². The molecule has 0 N–H and O–H groups in total. The molecule has 0 spiro atoms. The van der Waals surface area contributed by atoms with Gasteiger partial charge in [0.15, 0.2) is 22.3 Å². The Bertz CT molecular complexity index is 1380. The Balaban J connectivity index is 2.14. The van der Waals surface area contributed by atoms with E-state index in [2.05, 4.69) is 25.8 Å². The molecule has 0 saturated carbocycles. The van der Waals surface area contributed by atoms with Crippen LogP contribution in [-0.2, 0) is 15.3 Å². The first kappa shape index (κ1) is 25.3. The van der Waals surface area contributed by atoms with Crippen LogP contribution in [0, 0.1) is 11.3 Å². The van der Waals surface area contributed by atoms with Gasteiger partial charge in [0.2, 0.25) is 5.88 Å². The molecule has 0 fully saturated rings. The Morgan fingerprint density at radius 3 is 2.38 bits per heavy atom. The second-order valence-electron chi connectivity index (χ2n) is 7.77. The Morgan fingerprint density at radius 2 is 1.79 bits per heavy atom. The molecule has 14 heteroatoms. The van der Waals surface area contributed by atoms with Gasteiger partial charge >= 0.3 is 12.1 Å². The molecular formula is C20H18F5N5O3S. The average molecular weight is 503 g/mol. The van der Waals surface area contributed by atoms with E-state index in [0.29, 0.717) is 5.56 Å². The highest BCUT2D eigenvalue weighted by molar-refractivity contribution is 7.91. The largest absolute Gasteiger partial charge is 0.469 e. The fraction of sp³-hybridized carbons (Fsp3) is 0.400. The first-order valence-corrected chi connectivity index (χ1v) is 11.3. The summed E-state index contributed by atoms with van der Waals surface area (Å²) in [6.07, 6.45) is -1.04. The van der Waals surface area contributed by atoms with E-state index in [4.69, 9.17) is 0 Å². The summed E-state index contributed by atoms with van der Waals surface area (Å²) in [6.45, 7) is 2.59. The molecule has 0 aliphatic heterocycles. The predicted molar refractivity (Wildman–Crippen MR) is 109 cm³/mol. The number of halogens is 5. The van der Waals surface area contributed by atoms with E-state index in [-0.39, 0.29) is 27.7 Å². The lowest BCUT2D eigenvalue weighted by atomic mass is 9.87. The molecular weight excluding hydrogens is 485 g/mol. The molecule has 0 saturated heterocycles. The monoisotopic (exact) mass is 503 g/mol. The van der Waals surface area contributed by atoms with Crippen molar-refractivity contribution >= 4 is 15.4 Å². The van der Waals surface area contributed by atoms with Crippen LogP contribution >= 0.6 is 0 Å². The quantitative estimate of drug-likeness (QED) is 0.449. The fourth-order valence-electron chi connectivity index (χ4n) is 2.84. The summed E-state index contributed by atoms with van der Waals surface area (Å²) in [5.74, 6) is -6.01. The number of ether oxygens (including phenoxy) is 1. The minimum atomic E-state index is -5.81. The van der Waals surface area contributed by atoms with Gasteiger partial charge in [-0.3, -0.25) is 9.38 Å². The average Bonchev–Trinajstić information content (AvgIpc) is 3.21. The zero-order chi connectivity index (χ0) is 25.5. The first-order valence-electron chi connectivity index (χ1n) is 9.69. The van der Waals surface area contributed by atoms with Crippen LogP contribution in [0.3, 0.4) is 0 Å². The van der Waals surface area contributed by atoms with Crippen LogP contribution in [0.15, 0.2) is 35.7 Å². The molecule has 0 atom stereocenters. The van der Waals surface area contributed by atoms with Crippen LogP contribution < -0.4 is 4.74 Å². The van der Waals surface area contributed by atoms with Crippen molar-refractivity contribution in [1.82, 2.24) is 19.4 Å². The van der Waals surface area contributed by atoms with Gasteiger partial charge in [-0.2, -0.15) is 27.2 Å². The number of aromatic nitrogens is 4. The molecule has 0 aromatic carbocycles. The number of pyridine rings is 1. The molecule has 3 aromatic heterocycles. The summed E-state index contributed by atoms with van der Waals surface area (Å²) in [6, 6.07) is 3.37. The lowest BCUT2D eigenvalue weighted by molar-refractivity contribution is -0.290. The van der Waals surface area contributed by atoms with Crippen molar-refractivity contribution in [3.05, 3.63) is 36.4 Å². The standard InChI is InChI=1S/C20H18F5N5O3S/c1-4-34(31,32)14-7-12(18(2,3)10-26)8-28-15(14)16-29-9-13-17(27-5-6-30(13)16)33-11-19(21,22)20(23,24)25/h5-9H,4,11H2,1-3H3. The smallest absolute Gasteiger partial charge is 0.456 e.